The second-order valence-electron chi connectivity index (χ2n) is 4.76. The third-order valence-electron chi connectivity index (χ3n) is 3.29. The van der Waals surface area contributed by atoms with E-state index in [-0.39, 0.29) is 6.61 Å². The molecule has 0 aliphatic heterocycles. The van der Waals surface area contributed by atoms with Gasteiger partial charge in [-0.3, -0.25) is 0 Å². The molecule has 6 nitrogen and oxygen atoms in total. The maximum Gasteiger partial charge on any atom is 0.254 e. The Morgan fingerprint density at radius 3 is 2.33 bits per heavy atom. The van der Waals surface area contributed by atoms with E-state index in [0.29, 0.717) is 39.6 Å². The van der Waals surface area contributed by atoms with E-state index in [1.807, 2.05) is 24.3 Å². The van der Waals surface area contributed by atoms with Gasteiger partial charge in [0.25, 0.3) is 5.89 Å². The third kappa shape index (κ3) is 3.28. The molecular weight excluding hydrogens is 332 g/mol. The Kier molecular flexibility index (Phi) is 4.86. The normalized spacial score (nSPS) is 10.5. The van der Waals surface area contributed by atoms with Gasteiger partial charge in [0.1, 0.15) is 0 Å². The quantitative estimate of drug-likeness (QED) is 0.672. The minimum atomic E-state index is 0.0776. The summed E-state index contributed by atoms with van der Waals surface area (Å²) in [5.41, 5.74) is 0.674. The van der Waals surface area contributed by atoms with Gasteiger partial charge in [0.15, 0.2) is 18.1 Å². The molecule has 0 bridgehead atoms. The van der Waals surface area contributed by atoms with Gasteiger partial charge in [-0.15, -0.1) is 10.2 Å². The van der Waals surface area contributed by atoms with Crippen LogP contribution in [-0.4, -0.2) is 24.4 Å². The highest BCUT2D eigenvalue weighted by Crippen LogP contribution is 2.37. The molecule has 0 aliphatic carbocycles. The molecule has 124 valence electrons. The summed E-state index contributed by atoms with van der Waals surface area (Å²) in [6.45, 7) is 0.0776. The monoisotopic (exact) mass is 346 g/mol. The molecule has 3 aromatic rings. The Morgan fingerprint density at radius 2 is 1.67 bits per heavy atom. The van der Waals surface area contributed by atoms with Crippen molar-refractivity contribution in [2.24, 2.45) is 0 Å². The summed E-state index contributed by atoms with van der Waals surface area (Å²) in [6, 6.07) is 12.6. The molecule has 0 saturated carbocycles. The summed E-state index contributed by atoms with van der Waals surface area (Å²) in [5.74, 6) is 2.24. The summed E-state index contributed by atoms with van der Waals surface area (Å²) in [5, 5.41) is 8.52. The zero-order chi connectivity index (χ0) is 16.9. The van der Waals surface area contributed by atoms with Crippen LogP contribution in [0.4, 0.5) is 0 Å². The molecule has 7 heteroatoms. The predicted molar refractivity (Wildman–Crippen MR) is 88.6 cm³/mol. The fourth-order valence-electron chi connectivity index (χ4n) is 2.15. The summed E-state index contributed by atoms with van der Waals surface area (Å²) in [6.07, 6.45) is 0. The van der Waals surface area contributed by atoms with Gasteiger partial charge >= 0.3 is 0 Å². The van der Waals surface area contributed by atoms with Gasteiger partial charge in [0, 0.05) is 0 Å². The minimum Gasteiger partial charge on any atom is -0.493 e. The van der Waals surface area contributed by atoms with Crippen LogP contribution in [0.25, 0.3) is 11.5 Å². The van der Waals surface area contributed by atoms with E-state index in [9.17, 15) is 0 Å². The van der Waals surface area contributed by atoms with Crippen LogP contribution in [0.3, 0.4) is 0 Å². The van der Waals surface area contributed by atoms with Gasteiger partial charge in [-0.05, 0) is 24.3 Å². The lowest BCUT2D eigenvalue weighted by atomic mass is 10.2. The molecular formula is C17H15ClN2O4. The van der Waals surface area contributed by atoms with Crippen molar-refractivity contribution in [3.63, 3.8) is 0 Å². The molecule has 0 amide bonds. The van der Waals surface area contributed by atoms with Crippen LogP contribution in [0.5, 0.6) is 17.2 Å². The number of para-hydroxylation sites is 1. The number of hydrogen-bond donors (Lipinski definition) is 0. The van der Waals surface area contributed by atoms with Gasteiger partial charge in [0.05, 0.1) is 24.8 Å². The van der Waals surface area contributed by atoms with Crippen molar-refractivity contribution >= 4 is 11.6 Å². The number of benzene rings is 2. The largest absolute Gasteiger partial charge is 0.493 e. The van der Waals surface area contributed by atoms with Crippen LogP contribution >= 0.6 is 11.6 Å². The average molecular weight is 347 g/mol. The molecule has 0 saturated heterocycles. The highest BCUT2D eigenvalue weighted by atomic mass is 35.5. The van der Waals surface area contributed by atoms with Crippen molar-refractivity contribution in [3.05, 3.63) is 53.4 Å². The standard InChI is InChI=1S/C17H15ClN2O4/c1-21-13-8-5-9-14(22-2)16(13)23-10-15-19-20-17(24-15)11-6-3-4-7-12(11)18/h3-9H,10H2,1-2H3. The van der Waals surface area contributed by atoms with E-state index in [4.69, 9.17) is 30.2 Å². The molecule has 0 aliphatic rings. The molecule has 1 heterocycles. The molecule has 1 aromatic heterocycles. The van der Waals surface area contributed by atoms with Crippen molar-refractivity contribution < 1.29 is 18.6 Å². The van der Waals surface area contributed by atoms with Gasteiger partial charge in [-0.2, -0.15) is 0 Å². The van der Waals surface area contributed by atoms with Crippen molar-refractivity contribution in [1.29, 1.82) is 0 Å². The van der Waals surface area contributed by atoms with Gasteiger partial charge in [-0.25, -0.2) is 0 Å². The first kappa shape index (κ1) is 16.1. The number of aromatic nitrogens is 2. The zero-order valence-corrected chi connectivity index (χ0v) is 13.9. The summed E-state index contributed by atoms with van der Waals surface area (Å²) in [7, 11) is 3.12. The molecule has 0 radical (unpaired) electrons. The Bertz CT molecular complexity index is 813. The van der Waals surface area contributed by atoms with Crippen molar-refractivity contribution in [1.82, 2.24) is 10.2 Å². The van der Waals surface area contributed by atoms with Crippen molar-refractivity contribution in [3.8, 4) is 28.7 Å². The molecule has 0 atom stereocenters. The van der Waals surface area contributed by atoms with Crippen LogP contribution in [0, 0.1) is 0 Å². The molecule has 24 heavy (non-hydrogen) atoms. The number of nitrogens with zero attached hydrogens (tertiary/aromatic N) is 2. The molecule has 0 spiro atoms. The lowest BCUT2D eigenvalue weighted by Gasteiger charge is -2.12. The second kappa shape index (κ2) is 7.23. The van der Waals surface area contributed by atoms with Crippen LogP contribution in [0.15, 0.2) is 46.9 Å². The number of methoxy groups -OCH3 is 2. The van der Waals surface area contributed by atoms with Crippen molar-refractivity contribution in [2.45, 2.75) is 6.61 Å². The van der Waals surface area contributed by atoms with Gasteiger partial charge < -0.3 is 18.6 Å². The predicted octanol–water partition coefficient (Wildman–Crippen LogP) is 3.99. The van der Waals surface area contributed by atoms with Crippen LogP contribution < -0.4 is 14.2 Å². The van der Waals surface area contributed by atoms with E-state index in [0.717, 1.165) is 0 Å². The maximum absolute atomic E-state index is 6.13. The summed E-state index contributed by atoms with van der Waals surface area (Å²) >= 11 is 6.13. The van der Waals surface area contributed by atoms with Crippen LogP contribution in [0.2, 0.25) is 5.02 Å². The van der Waals surface area contributed by atoms with Crippen LogP contribution in [-0.2, 0) is 6.61 Å². The zero-order valence-electron chi connectivity index (χ0n) is 13.2. The molecule has 0 N–H and O–H groups in total. The topological polar surface area (TPSA) is 66.6 Å². The highest BCUT2D eigenvalue weighted by molar-refractivity contribution is 6.33. The first-order chi connectivity index (χ1) is 11.7. The number of ether oxygens (including phenoxy) is 3. The molecule has 0 fully saturated rings. The van der Waals surface area contributed by atoms with E-state index < -0.39 is 0 Å². The Balaban J connectivity index is 1.78. The molecule has 3 rings (SSSR count). The maximum atomic E-state index is 6.13. The number of rotatable bonds is 6. The Hall–Kier alpha value is -2.73. The van der Waals surface area contributed by atoms with E-state index in [2.05, 4.69) is 10.2 Å². The third-order valence-corrected chi connectivity index (χ3v) is 3.62. The van der Waals surface area contributed by atoms with E-state index >= 15 is 0 Å². The second-order valence-corrected chi connectivity index (χ2v) is 5.17. The Labute approximate surface area is 143 Å². The van der Waals surface area contributed by atoms with E-state index in [1.165, 1.54) is 0 Å². The van der Waals surface area contributed by atoms with Crippen LogP contribution in [0.1, 0.15) is 5.89 Å². The summed E-state index contributed by atoms with van der Waals surface area (Å²) < 4.78 is 21.9. The fraction of sp³-hybridized carbons (Fsp3) is 0.176. The lowest BCUT2D eigenvalue weighted by molar-refractivity contribution is 0.238. The summed E-state index contributed by atoms with van der Waals surface area (Å²) in [4.78, 5) is 0. The highest BCUT2D eigenvalue weighted by Gasteiger charge is 2.15. The van der Waals surface area contributed by atoms with E-state index in [1.54, 1.807) is 32.4 Å². The average Bonchev–Trinajstić information content (AvgIpc) is 3.08. The molecule has 0 unspecified atom stereocenters. The van der Waals surface area contributed by atoms with Gasteiger partial charge in [-0.1, -0.05) is 29.8 Å². The first-order valence-corrected chi connectivity index (χ1v) is 7.51. The lowest BCUT2D eigenvalue weighted by Crippen LogP contribution is -2.00. The number of hydrogen-bond acceptors (Lipinski definition) is 6. The Morgan fingerprint density at radius 1 is 0.958 bits per heavy atom. The fourth-order valence-corrected chi connectivity index (χ4v) is 2.37. The first-order valence-electron chi connectivity index (χ1n) is 7.14. The smallest absolute Gasteiger partial charge is 0.254 e. The number of halogens is 1. The SMILES string of the molecule is COc1cccc(OC)c1OCc1nnc(-c2ccccc2Cl)o1. The minimum absolute atomic E-state index is 0.0776. The molecule has 2 aromatic carbocycles. The van der Waals surface area contributed by atoms with Crippen molar-refractivity contribution in [2.75, 3.05) is 14.2 Å². The van der Waals surface area contributed by atoms with Gasteiger partial charge in [0.2, 0.25) is 11.6 Å².